The second kappa shape index (κ2) is 8.59. The van der Waals surface area contributed by atoms with E-state index in [1.54, 1.807) is 11.8 Å². The number of thioether (sulfide) groups is 1. The monoisotopic (exact) mass is 320 g/mol. The van der Waals surface area contributed by atoms with E-state index in [1.165, 1.54) is 19.5 Å². The first kappa shape index (κ1) is 17.4. The number of hydrogen-bond acceptors (Lipinski definition) is 3. The minimum absolute atomic E-state index is 0.0466. The number of nitrogens with zero attached hydrogens (tertiary/aromatic N) is 1. The summed E-state index contributed by atoms with van der Waals surface area (Å²) in [5.74, 6) is 1.64. The van der Waals surface area contributed by atoms with Crippen LogP contribution >= 0.6 is 11.8 Å². The highest BCUT2D eigenvalue weighted by Gasteiger charge is 2.21. The van der Waals surface area contributed by atoms with E-state index in [2.05, 4.69) is 24.1 Å². The lowest BCUT2D eigenvalue weighted by Gasteiger charge is -2.34. The Morgan fingerprint density at radius 2 is 1.95 bits per heavy atom. The molecule has 1 heterocycles. The molecule has 0 unspecified atom stereocenters. The molecule has 3 nitrogen and oxygen atoms in total. The van der Waals surface area contributed by atoms with Crippen LogP contribution in [-0.4, -0.2) is 43.2 Å². The Balaban J connectivity index is 1.73. The highest BCUT2D eigenvalue weighted by molar-refractivity contribution is 7.98. The number of hydrogen-bond donors (Lipinski definition) is 1. The molecule has 1 N–H and O–H groups in total. The van der Waals surface area contributed by atoms with Crippen LogP contribution in [0.25, 0.3) is 0 Å². The summed E-state index contributed by atoms with van der Waals surface area (Å²) < 4.78 is 0. The number of piperidine rings is 1. The molecule has 0 radical (unpaired) electrons. The highest BCUT2D eigenvalue weighted by atomic mass is 32.2. The van der Waals surface area contributed by atoms with Gasteiger partial charge in [-0.25, -0.2) is 0 Å². The first-order valence-corrected chi connectivity index (χ1v) is 9.46. The lowest BCUT2D eigenvalue weighted by Crippen LogP contribution is -2.40. The zero-order chi connectivity index (χ0) is 15.9. The van der Waals surface area contributed by atoms with Gasteiger partial charge in [0.15, 0.2) is 0 Å². The molecule has 1 aliphatic rings. The second-order valence-corrected chi connectivity index (χ2v) is 7.36. The first-order chi connectivity index (χ1) is 10.6. The molecule has 4 heteroatoms. The van der Waals surface area contributed by atoms with Crippen molar-refractivity contribution in [1.29, 1.82) is 0 Å². The van der Waals surface area contributed by atoms with Crippen LogP contribution in [0.2, 0.25) is 0 Å². The Morgan fingerprint density at radius 3 is 2.64 bits per heavy atom. The van der Waals surface area contributed by atoms with E-state index < -0.39 is 0 Å². The van der Waals surface area contributed by atoms with Crippen molar-refractivity contribution in [1.82, 2.24) is 10.2 Å². The summed E-state index contributed by atoms with van der Waals surface area (Å²) in [7, 11) is 0. The van der Waals surface area contributed by atoms with Crippen LogP contribution in [0.15, 0.2) is 29.2 Å². The van der Waals surface area contributed by atoms with Crippen molar-refractivity contribution in [2.45, 2.75) is 31.6 Å². The first-order valence-electron chi connectivity index (χ1n) is 8.23. The molecule has 0 bridgehead atoms. The van der Waals surface area contributed by atoms with Gasteiger partial charge in [0.2, 0.25) is 0 Å². The van der Waals surface area contributed by atoms with E-state index >= 15 is 0 Å². The van der Waals surface area contributed by atoms with E-state index in [9.17, 15) is 4.79 Å². The fraction of sp³-hybridized carbons (Fsp3) is 0.611. The van der Waals surface area contributed by atoms with Crippen LogP contribution in [0.4, 0.5) is 0 Å². The lowest BCUT2D eigenvalue weighted by atomic mass is 9.92. The molecular formula is C18H28N2OS. The van der Waals surface area contributed by atoms with Crippen LogP contribution in [-0.2, 0) is 0 Å². The smallest absolute Gasteiger partial charge is 0.252 e. The Hall–Kier alpha value is -1.00. The summed E-state index contributed by atoms with van der Waals surface area (Å²) in [6.07, 6.45) is 4.37. The number of nitrogens with one attached hydrogen (secondary N) is 1. The molecular weight excluding hydrogens is 292 g/mol. The average molecular weight is 321 g/mol. The standard InChI is InChI=1S/C18H28N2OS/c1-14-11-15(2)13-20(12-14)10-6-9-19-18(21)16-7-4-5-8-17(16)22-3/h4-5,7-8,14-15H,6,9-13H2,1-3H3,(H,19,21)/t14-,15-/m0/s1. The molecule has 1 aromatic rings. The maximum atomic E-state index is 12.2. The fourth-order valence-electron chi connectivity index (χ4n) is 3.41. The molecule has 2 rings (SSSR count). The number of amides is 1. The van der Waals surface area contributed by atoms with E-state index in [0.29, 0.717) is 0 Å². The van der Waals surface area contributed by atoms with Gasteiger partial charge in [0.25, 0.3) is 5.91 Å². The zero-order valence-corrected chi connectivity index (χ0v) is 14.8. The number of carbonyl (C=O) groups is 1. The number of likely N-dealkylation sites (tertiary alicyclic amines) is 1. The predicted molar refractivity (Wildman–Crippen MR) is 94.6 cm³/mol. The Bertz CT molecular complexity index is 482. The largest absolute Gasteiger partial charge is 0.352 e. The van der Waals surface area contributed by atoms with Crippen molar-refractivity contribution < 1.29 is 4.79 Å². The summed E-state index contributed by atoms with van der Waals surface area (Å²) in [5, 5.41) is 3.06. The topological polar surface area (TPSA) is 32.3 Å². The average Bonchev–Trinajstić information content (AvgIpc) is 2.50. The Morgan fingerprint density at radius 1 is 1.27 bits per heavy atom. The summed E-state index contributed by atoms with van der Waals surface area (Å²) in [4.78, 5) is 15.8. The van der Waals surface area contributed by atoms with Gasteiger partial charge < -0.3 is 10.2 Å². The van der Waals surface area contributed by atoms with Gasteiger partial charge in [0.1, 0.15) is 0 Å². The molecule has 22 heavy (non-hydrogen) atoms. The third kappa shape index (κ3) is 5.03. The summed E-state index contributed by atoms with van der Waals surface area (Å²) in [5.41, 5.74) is 0.787. The molecule has 122 valence electrons. The van der Waals surface area contributed by atoms with Crippen LogP contribution in [0.5, 0.6) is 0 Å². The number of benzene rings is 1. The Kier molecular flexibility index (Phi) is 6.77. The van der Waals surface area contributed by atoms with E-state index in [-0.39, 0.29) is 5.91 Å². The van der Waals surface area contributed by atoms with Crippen molar-refractivity contribution in [2.24, 2.45) is 11.8 Å². The van der Waals surface area contributed by atoms with Crippen molar-refractivity contribution in [3.05, 3.63) is 29.8 Å². The van der Waals surface area contributed by atoms with Gasteiger partial charge in [-0.2, -0.15) is 0 Å². The van der Waals surface area contributed by atoms with Crippen LogP contribution < -0.4 is 5.32 Å². The second-order valence-electron chi connectivity index (χ2n) is 6.52. The van der Waals surface area contributed by atoms with Crippen molar-refractivity contribution in [3.63, 3.8) is 0 Å². The molecule has 1 saturated heterocycles. The van der Waals surface area contributed by atoms with Crippen molar-refractivity contribution in [3.8, 4) is 0 Å². The molecule has 1 aromatic carbocycles. The van der Waals surface area contributed by atoms with Gasteiger partial charge in [0, 0.05) is 24.5 Å². The van der Waals surface area contributed by atoms with Gasteiger partial charge in [-0.3, -0.25) is 4.79 Å². The normalized spacial score (nSPS) is 22.5. The predicted octanol–water partition coefficient (Wildman–Crippen LogP) is 3.51. The lowest BCUT2D eigenvalue weighted by molar-refractivity contribution is 0.0944. The van der Waals surface area contributed by atoms with Gasteiger partial charge in [-0.1, -0.05) is 26.0 Å². The number of rotatable bonds is 6. The minimum atomic E-state index is 0.0466. The van der Waals surface area contributed by atoms with Gasteiger partial charge in [-0.05, 0) is 49.6 Å². The fourth-order valence-corrected chi connectivity index (χ4v) is 4.00. The van der Waals surface area contributed by atoms with Crippen molar-refractivity contribution in [2.75, 3.05) is 32.4 Å². The highest BCUT2D eigenvalue weighted by Crippen LogP contribution is 2.21. The minimum Gasteiger partial charge on any atom is -0.352 e. The molecule has 1 amide bonds. The van der Waals surface area contributed by atoms with Crippen LogP contribution in [0.3, 0.4) is 0 Å². The van der Waals surface area contributed by atoms with Gasteiger partial charge in [-0.15, -0.1) is 11.8 Å². The molecule has 1 aliphatic heterocycles. The third-order valence-corrected chi connectivity index (χ3v) is 5.03. The quantitative estimate of drug-likeness (QED) is 0.643. The van der Waals surface area contributed by atoms with E-state index in [1.807, 2.05) is 30.5 Å². The van der Waals surface area contributed by atoms with Crippen LogP contribution in [0.1, 0.15) is 37.0 Å². The third-order valence-electron chi connectivity index (χ3n) is 4.23. The summed E-state index contributed by atoms with van der Waals surface area (Å²) >= 11 is 1.62. The molecule has 0 spiro atoms. The SMILES string of the molecule is CSc1ccccc1C(=O)NCCCN1C[C@@H](C)C[C@H](C)C1. The number of carbonyl (C=O) groups excluding carboxylic acids is 1. The molecule has 0 aliphatic carbocycles. The van der Waals surface area contributed by atoms with Gasteiger partial charge in [0.05, 0.1) is 5.56 Å². The molecule has 2 atom stereocenters. The molecule has 0 saturated carbocycles. The molecule has 1 fully saturated rings. The van der Waals surface area contributed by atoms with E-state index in [4.69, 9.17) is 0 Å². The van der Waals surface area contributed by atoms with Gasteiger partial charge >= 0.3 is 0 Å². The van der Waals surface area contributed by atoms with Crippen molar-refractivity contribution >= 4 is 17.7 Å². The maximum Gasteiger partial charge on any atom is 0.252 e. The van der Waals surface area contributed by atoms with E-state index in [0.717, 1.165) is 41.8 Å². The summed E-state index contributed by atoms with van der Waals surface area (Å²) in [6, 6.07) is 7.79. The maximum absolute atomic E-state index is 12.2. The Labute approximate surface area is 138 Å². The molecule has 0 aromatic heterocycles. The zero-order valence-electron chi connectivity index (χ0n) is 14.0. The van der Waals surface area contributed by atoms with Crippen LogP contribution in [0, 0.1) is 11.8 Å². The summed E-state index contributed by atoms with van der Waals surface area (Å²) in [6.45, 7) is 8.91.